The van der Waals surface area contributed by atoms with Crippen LogP contribution < -0.4 is 14.2 Å². The molecule has 0 saturated carbocycles. The van der Waals surface area contributed by atoms with Crippen LogP contribution in [0.4, 0.5) is 0 Å². The van der Waals surface area contributed by atoms with Crippen LogP contribution in [-0.2, 0) is 14.4 Å². The maximum absolute atomic E-state index is 12.4. The van der Waals surface area contributed by atoms with Gasteiger partial charge in [0.2, 0.25) is 0 Å². The van der Waals surface area contributed by atoms with Gasteiger partial charge in [-0.3, -0.25) is 0 Å². The Morgan fingerprint density at radius 3 is 1.36 bits per heavy atom. The Balaban J connectivity index is 1.54. The molecular formula is C38H30O6. The second-order valence-electron chi connectivity index (χ2n) is 10.1. The molecule has 0 atom stereocenters. The van der Waals surface area contributed by atoms with E-state index in [9.17, 15) is 14.4 Å². The fraction of sp³-hybridized carbons (Fsp3) is 0.0789. The summed E-state index contributed by atoms with van der Waals surface area (Å²) in [6.07, 6.45) is 0. The molecule has 0 bridgehead atoms. The molecule has 0 saturated heterocycles. The molecule has 4 aromatic carbocycles. The van der Waals surface area contributed by atoms with Crippen molar-refractivity contribution in [3.05, 3.63) is 139 Å². The van der Waals surface area contributed by atoms with Crippen molar-refractivity contribution in [2.45, 2.75) is 20.8 Å². The Labute approximate surface area is 256 Å². The first-order chi connectivity index (χ1) is 21.0. The summed E-state index contributed by atoms with van der Waals surface area (Å²) in [5.74, 6) is 5.90. The van der Waals surface area contributed by atoms with Crippen molar-refractivity contribution in [1.82, 2.24) is 0 Å². The van der Waals surface area contributed by atoms with Crippen LogP contribution in [-0.4, -0.2) is 17.9 Å². The number of benzene rings is 4. The van der Waals surface area contributed by atoms with E-state index in [1.165, 1.54) is 0 Å². The van der Waals surface area contributed by atoms with Crippen molar-refractivity contribution >= 4 is 17.9 Å². The van der Waals surface area contributed by atoms with Crippen LogP contribution in [0.2, 0.25) is 0 Å². The third kappa shape index (κ3) is 8.09. The Morgan fingerprint density at radius 2 is 0.886 bits per heavy atom. The Morgan fingerprint density at radius 1 is 0.500 bits per heavy atom. The van der Waals surface area contributed by atoms with Gasteiger partial charge in [-0.1, -0.05) is 68.0 Å². The highest BCUT2D eigenvalue weighted by molar-refractivity contribution is 5.91. The summed E-state index contributed by atoms with van der Waals surface area (Å²) in [7, 11) is 0. The molecule has 218 valence electrons. The summed E-state index contributed by atoms with van der Waals surface area (Å²) < 4.78 is 16.2. The lowest BCUT2D eigenvalue weighted by Gasteiger charge is -2.12. The summed E-state index contributed by atoms with van der Waals surface area (Å²) in [4.78, 5) is 36.0. The number of ether oxygens (including phenoxy) is 3. The molecule has 6 nitrogen and oxygen atoms in total. The highest BCUT2D eigenvalue weighted by Crippen LogP contribution is 2.33. The standard InChI is InChI=1S/C38H30O6/c1-24(2)36(39)42-32-18-14-30(15-19-32)29-12-9-27(10-13-29)7-8-28-11-22-34(35(23-28)44-38(41)26(5)6)31-16-20-33(21-17-31)43-37(40)25(3)4/h9-23H,1,3,5H2,2,4,6H3. The van der Waals surface area contributed by atoms with Gasteiger partial charge in [0.25, 0.3) is 0 Å². The number of hydrogen-bond acceptors (Lipinski definition) is 6. The fourth-order valence-corrected chi connectivity index (χ4v) is 3.81. The van der Waals surface area contributed by atoms with E-state index < -0.39 is 17.9 Å². The Hall–Kier alpha value is -5.93. The molecule has 0 unspecified atom stereocenters. The zero-order chi connectivity index (χ0) is 31.8. The van der Waals surface area contributed by atoms with Crippen LogP contribution in [0.3, 0.4) is 0 Å². The minimum absolute atomic E-state index is 0.261. The Kier molecular flexibility index (Phi) is 9.74. The molecule has 44 heavy (non-hydrogen) atoms. The first kappa shape index (κ1) is 31.0. The highest BCUT2D eigenvalue weighted by atomic mass is 16.5. The van der Waals surface area contributed by atoms with Gasteiger partial charge in [0, 0.05) is 33.4 Å². The van der Waals surface area contributed by atoms with E-state index in [0.717, 1.165) is 22.3 Å². The van der Waals surface area contributed by atoms with Crippen molar-refractivity contribution in [2.24, 2.45) is 0 Å². The van der Waals surface area contributed by atoms with Crippen LogP contribution in [0.25, 0.3) is 22.3 Å². The number of hydrogen-bond donors (Lipinski definition) is 0. The minimum Gasteiger partial charge on any atom is -0.423 e. The number of carbonyl (C=O) groups is 3. The average Bonchev–Trinajstić information content (AvgIpc) is 3.01. The normalized spacial score (nSPS) is 10.1. The predicted octanol–water partition coefficient (Wildman–Crippen LogP) is 7.86. The number of esters is 3. The van der Waals surface area contributed by atoms with E-state index in [-0.39, 0.29) is 5.57 Å². The van der Waals surface area contributed by atoms with Crippen LogP contribution in [0.15, 0.2) is 127 Å². The second-order valence-corrected chi connectivity index (χ2v) is 10.1. The van der Waals surface area contributed by atoms with Crippen molar-refractivity contribution in [3.63, 3.8) is 0 Å². The summed E-state index contributed by atoms with van der Waals surface area (Å²) in [5.41, 5.74) is 5.69. The minimum atomic E-state index is -0.555. The molecule has 0 N–H and O–H groups in total. The quantitative estimate of drug-likeness (QED) is 0.0911. The molecule has 0 aromatic heterocycles. The molecule has 0 heterocycles. The van der Waals surface area contributed by atoms with Crippen molar-refractivity contribution < 1.29 is 28.6 Å². The zero-order valence-corrected chi connectivity index (χ0v) is 24.7. The molecular weight excluding hydrogens is 552 g/mol. The summed E-state index contributed by atoms with van der Waals surface area (Å²) in [6.45, 7) is 15.6. The van der Waals surface area contributed by atoms with E-state index in [1.807, 2.05) is 48.5 Å². The van der Waals surface area contributed by atoms with Crippen molar-refractivity contribution in [2.75, 3.05) is 0 Å². The van der Waals surface area contributed by atoms with Crippen LogP contribution in [0.5, 0.6) is 17.2 Å². The van der Waals surface area contributed by atoms with Gasteiger partial charge in [0.15, 0.2) is 0 Å². The van der Waals surface area contributed by atoms with Crippen LogP contribution in [0, 0.1) is 11.8 Å². The summed E-state index contributed by atoms with van der Waals surface area (Å²) in [6, 6.07) is 27.2. The third-order valence-electron chi connectivity index (χ3n) is 6.24. The topological polar surface area (TPSA) is 78.9 Å². The first-order valence-electron chi connectivity index (χ1n) is 13.6. The SMILES string of the molecule is C=C(C)C(=O)Oc1ccc(-c2ccc(C#Cc3ccc(-c4ccc(OC(=O)C(=C)C)cc4)c(OC(=O)C(=C)C)c3)cc2)cc1. The van der Waals surface area contributed by atoms with Crippen LogP contribution >= 0.6 is 0 Å². The van der Waals surface area contributed by atoms with E-state index in [4.69, 9.17) is 14.2 Å². The predicted molar refractivity (Wildman–Crippen MR) is 171 cm³/mol. The molecule has 0 aliphatic heterocycles. The fourth-order valence-electron chi connectivity index (χ4n) is 3.81. The average molecular weight is 583 g/mol. The Bertz CT molecular complexity index is 1830. The third-order valence-corrected chi connectivity index (χ3v) is 6.24. The monoisotopic (exact) mass is 582 g/mol. The smallest absolute Gasteiger partial charge is 0.338 e. The van der Waals surface area contributed by atoms with Gasteiger partial charge in [-0.05, 0) is 92.1 Å². The van der Waals surface area contributed by atoms with Gasteiger partial charge >= 0.3 is 17.9 Å². The van der Waals surface area contributed by atoms with Gasteiger partial charge in [-0.25, -0.2) is 14.4 Å². The van der Waals surface area contributed by atoms with E-state index >= 15 is 0 Å². The molecule has 0 aliphatic rings. The molecule has 0 radical (unpaired) electrons. The first-order valence-corrected chi connectivity index (χ1v) is 13.6. The molecule has 0 fully saturated rings. The summed E-state index contributed by atoms with van der Waals surface area (Å²) in [5, 5.41) is 0. The van der Waals surface area contributed by atoms with Gasteiger partial charge in [0.05, 0.1) is 0 Å². The van der Waals surface area contributed by atoms with Gasteiger partial charge in [-0.2, -0.15) is 0 Å². The van der Waals surface area contributed by atoms with Crippen LogP contribution in [0.1, 0.15) is 31.9 Å². The second kappa shape index (κ2) is 13.8. The lowest BCUT2D eigenvalue weighted by atomic mass is 10.0. The van der Waals surface area contributed by atoms with E-state index in [0.29, 0.717) is 39.5 Å². The lowest BCUT2D eigenvalue weighted by molar-refractivity contribution is -0.130. The molecule has 0 spiro atoms. The van der Waals surface area contributed by atoms with Gasteiger partial charge in [0.1, 0.15) is 17.2 Å². The maximum atomic E-state index is 12.4. The van der Waals surface area contributed by atoms with Gasteiger partial charge in [-0.15, -0.1) is 0 Å². The van der Waals surface area contributed by atoms with Crippen molar-refractivity contribution in [1.29, 1.82) is 0 Å². The zero-order valence-electron chi connectivity index (χ0n) is 24.7. The van der Waals surface area contributed by atoms with Gasteiger partial charge < -0.3 is 14.2 Å². The maximum Gasteiger partial charge on any atom is 0.338 e. The molecule has 4 rings (SSSR count). The molecule has 4 aromatic rings. The number of carbonyl (C=O) groups excluding carboxylic acids is 3. The highest BCUT2D eigenvalue weighted by Gasteiger charge is 2.14. The molecule has 0 amide bonds. The lowest BCUT2D eigenvalue weighted by Crippen LogP contribution is -2.09. The molecule has 6 heteroatoms. The van der Waals surface area contributed by atoms with E-state index in [2.05, 4.69) is 31.6 Å². The molecule has 0 aliphatic carbocycles. The summed E-state index contributed by atoms with van der Waals surface area (Å²) >= 11 is 0. The van der Waals surface area contributed by atoms with Crippen molar-refractivity contribution in [3.8, 4) is 51.3 Å². The number of rotatable bonds is 8. The van der Waals surface area contributed by atoms with E-state index in [1.54, 1.807) is 63.2 Å². The largest absolute Gasteiger partial charge is 0.423 e.